The Morgan fingerprint density at radius 2 is 1.31 bits per heavy atom. The standard InChI is InChI=1S/C8H10O4S/c1-3-7(9)5-13(11,12)6-8(10)4-2/h3-4H,1-2,5-6H2. The quantitative estimate of drug-likeness (QED) is 0.564. The second-order valence-electron chi connectivity index (χ2n) is 2.37. The van der Waals surface area contributed by atoms with Crippen LogP contribution >= 0.6 is 0 Å². The summed E-state index contributed by atoms with van der Waals surface area (Å²) in [5.74, 6) is -2.57. The molecule has 5 heteroatoms. The fraction of sp³-hybridized carbons (Fsp3) is 0.250. The zero-order chi connectivity index (χ0) is 10.5. The zero-order valence-electron chi connectivity index (χ0n) is 7.02. The van der Waals surface area contributed by atoms with Gasteiger partial charge in [0.25, 0.3) is 0 Å². The highest BCUT2D eigenvalue weighted by molar-refractivity contribution is 7.92. The third-order valence-electron chi connectivity index (χ3n) is 1.18. The lowest BCUT2D eigenvalue weighted by Crippen LogP contribution is -2.21. The van der Waals surface area contributed by atoms with Crippen LogP contribution in [0.25, 0.3) is 0 Å². The molecule has 0 aliphatic rings. The maximum atomic E-state index is 11.0. The first-order valence-corrected chi connectivity index (χ1v) is 5.24. The molecule has 0 aromatic carbocycles. The number of hydrogen-bond donors (Lipinski definition) is 0. The van der Waals surface area contributed by atoms with Gasteiger partial charge >= 0.3 is 0 Å². The summed E-state index contributed by atoms with van der Waals surface area (Å²) in [6, 6.07) is 0. The Hall–Kier alpha value is -1.23. The molecule has 0 heterocycles. The van der Waals surface area contributed by atoms with Gasteiger partial charge in [-0.15, -0.1) is 0 Å². The lowest BCUT2D eigenvalue weighted by molar-refractivity contribution is -0.112. The molecular formula is C8H10O4S. The van der Waals surface area contributed by atoms with Crippen molar-refractivity contribution in [2.75, 3.05) is 11.5 Å². The molecule has 0 atom stereocenters. The van der Waals surface area contributed by atoms with Crippen LogP contribution in [0, 0.1) is 0 Å². The molecule has 0 aliphatic heterocycles. The Morgan fingerprint density at radius 1 is 1.00 bits per heavy atom. The minimum Gasteiger partial charge on any atom is -0.294 e. The molecule has 0 saturated heterocycles. The molecule has 0 rings (SSSR count). The number of rotatable bonds is 6. The molecular weight excluding hydrogens is 192 g/mol. The molecule has 0 saturated carbocycles. The van der Waals surface area contributed by atoms with Crippen LogP contribution in [0.3, 0.4) is 0 Å². The smallest absolute Gasteiger partial charge is 0.170 e. The van der Waals surface area contributed by atoms with Crippen LogP contribution in [0.4, 0.5) is 0 Å². The second kappa shape index (κ2) is 4.71. The summed E-state index contributed by atoms with van der Waals surface area (Å²) in [7, 11) is -3.65. The van der Waals surface area contributed by atoms with Gasteiger partial charge in [-0.05, 0) is 12.2 Å². The highest BCUT2D eigenvalue weighted by atomic mass is 32.2. The molecule has 0 aliphatic carbocycles. The van der Waals surface area contributed by atoms with Crippen LogP contribution in [0.5, 0.6) is 0 Å². The average Bonchev–Trinajstić information content (AvgIpc) is 2.02. The molecule has 0 bridgehead atoms. The fourth-order valence-electron chi connectivity index (χ4n) is 0.602. The summed E-state index contributed by atoms with van der Waals surface area (Å²) < 4.78 is 22.1. The third-order valence-corrected chi connectivity index (χ3v) is 2.63. The van der Waals surface area contributed by atoms with E-state index in [1.165, 1.54) is 0 Å². The van der Waals surface area contributed by atoms with E-state index in [2.05, 4.69) is 13.2 Å². The van der Waals surface area contributed by atoms with E-state index >= 15 is 0 Å². The van der Waals surface area contributed by atoms with E-state index < -0.39 is 32.9 Å². The van der Waals surface area contributed by atoms with Gasteiger partial charge in [0.15, 0.2) is 21.4 Å². The van der Waals surface area contributed by atoms with E-state index in [0.717, 1.165) is 12.2 Å². The summed E-state index contributed by atoms with van der Waals surface area (Å²) in [6.07, 6.45) is 1.83. The van der Waals surface area contributed by atoms with Gasteiger partial charge in [0.2, 0.25) is 0 Å². The van der Waals surface area contributed by atoms with Crippen molar-refractivity contribution in [3.05, 3.63) is 25.3 Å². The van der Waals surface area contributed by atoms with Crippen LogP contribution in [0.15, 0.2) is 25.3 Å². The van der Waals surface area contributed by atoms with Gasteiger partial charge < -0.3 is 0 Å². The van der Waals surface area contributed by atoms with Crippen LogP contribution in [-0.4, -0.2) is 31.5 Å². The van der Waals surface area contributed by atoms with Crippen LogP contribution < -0.4 is 0 Å². The van der Waals surface area contributed by atoms with E-state index in [-0.39, 0.29) is 0 Å². The minimum atomic E-state index is -3.65. The number of carbonyl (C=O) groups excluding carboxylic acids is 2. The molecule has 0 amide bonds. The Morgan fingerprint density at radius 3 is 1.54 bits per heavy atom. The molecule has 0 aromatic heterocycles. The molecule has 4 nitrogen and oxygen atoms in total. The summed E-state index contributed by atoms with van der Waals surface area (Å²) in [5.41, 5.74) is 0. The molecule has 0 spiro atoms. The topological polar surface area (TPSA) is 68.3 Å². The van der Waals surface area contributed by atoms with Crippen molar-refractivity contribution in [3.8, 4) is 0 Å². The average molecular weight is 202 g/mol. The molecule has 72 valence electrons. The van der Waals surface area contributed by atoms with Crippen molar-refractivity contribution in [2.24, 2.45) is 0 Å². The lowest BCUT2D eigenvalue weighted by Gasteiger charge is -1.97. The normalized spacial score (nSPS) is 10.5. The van der Waals surface area contributed by atoms with Crippen molar-refractivity contribution < 1.29 is 18.0 Å². The molecule has 0 aromatic rings. The maximum Gasteiger partial charge on any atom is 0.170 e. The predicted molar refractivity (Wildman–Crippen MR) is 49.1 cm³/mol. The SMILES string of the molecule is C=CC(=O)CS(=O)(=O)CC(=O)C=C. The first-order valence-electron chi connectivity index (χ1n) is 3.42. The largest absolute Gasteiger partial charge is 0.294 e. The van der Waals surface area contributed by atoms with E-state index in [1.54, 1.807) is 0 Å². The summed E-state index contributed by atoms with van der Waals surface area (Å²) in [4.78, 5) is 21.3. The van der Waals surface area contributed by atoms with Gasteiger partial charge in [-0.1, -0.05) is 13.2 Å². The van der Waals surface area contributed by atoms with Gasteiger partial charge in [-0.25, -0.2) is 8.42 Å². The monoisotopic (exact) mass is 202 g/mol. The highest BCUT2D eigenvalue weighted by Gasteiger charge is 2.17. The Kier molecular flexibility index (Phi) is 4.27. The number of carbonyl (C=O) groups is 2. The Balaban J connectivity index is 4.42. The first-order chi connectivity index (χ1) is 5.91. The van der Waals surface area contributed by atoms with E-state index in [9.17, 15) is 18.0 Å². The molecule has 0 fully saturated rings. The number of ketones is 2. The molecule has 13 heavy (non-hydrogen) atoms. The van der Waals surface area contributed by atoms with Gasteiger partial charge in [0, 0.05) is 0 Å². The van der Waals surface area contributed by atoms with Gasteiger partial charge in [-0.2, -0.15) is 0 Å². The molecule has 0 radical (unpaired) electrons. The van der Waals surface area contributed by atoms with Crippen molar-refractivity contribution in [1.82, 2.24) is 0 Å². The summed E-state index contributed by atoms with van der Waals surface area (Å²) in [6.45, 7) is 6.25. The van der Waals surface area contributed by atoms with Crippen molar-refractivity contribution in [3.63, 3.8) is 0 Å². The number of hydrogen-bond acceptors (Lipinski definition) is 4. The Bertz CT molecular complexity index is 309. The van der Waals surface area contributed by atoms with Crippen LogP contribution in [0.1, 0.15) is 0 Å². The second-order valence-corrected chi connectivity index (χ2v) is 4.44. The fourth-order valence-corrected chi connectivity index (χ4v) is 1.81. The van der Waals surface area contributed by atoms with Crippen molar-refractivity contribution in [1.29, 1.82) is 0 Å². The highest BCUT2D eigenvalue weighted by Crippen LogP contribution is 1.93. The number of sulfone groups is 1. The molecule has 0 N–H and O–H groups in total. The predicted octanol–water partition coefficient (Wildman–Crippen LogP) is -0.0886. The zero-order valence-corrected chi connectivity index (χ0v) is 7.84. The van der Waals surface area contributed by atoms with Crippen LogP contribution in [0.2, 0.25) is 0 Å². The molecule has 0 unspecified atom stereocenters. The lowest BCUT2D eigenvalue weighted by atomic mass is 10.4. The third kappa shape index (κ3) is 5.08. The van der Waals surface area contributed by atoms with Crippen LogP contribution in [-0.2, 0) is 19.4 Å². The summed E-state index contributed by atoms with van der Waals surface area (Å²) in [5, 5.41) is 0. The van der Waals surface area contributed by atoms with Gasteiger partial charge in [0.05, 0.1) is 0 Å². The maximum absolute atomic E-state index is 11.0. The van der Waals surface area contributed by atoms with Gasteiger partial charge in [-0.3, -0.25) is 9.59 Å². The Labute approximate surface area is 76.9 Å². The van der Waals surface area contributed by atoms with E-state index in [1.807, 2.05) is 0 Å². The van der Waals surface area contributed by atoms with Crippen molar-refractivity contribution in [2.45, 2.75) is 0 Å². The minimum absolute atomic E-state index is 0.614. The summed E-state index contributed by atoms with van der Waals surface area (Å²) >= 11 is 0. The van der Waals surface area contributed by atoms with E-state index in [0.29, 0.717) is 0 Å². The van der Waals surface area contributed by atoms with Gasteiger partial charge in [0.1, 0.15) is 11.5 Å². The van der Waals surface area contributed by atoms with Crippen molar-refractivity contribution >= 4 is 21.4 Å². The van der Waals surface area contributed by atoms with E-state index in [4.69, 9.17) is 0 Å². The number of allylic oxidation sites excluding steroid dienone is 2. The first kappa shape index (κ1) is 11.8.